The van der Waals surface area contributed by atoms with Gasteiger partial charge >= 0.3 is 0 Å². The lowest BCUT2D eigenvalue weighted by molar-refractivity contribution is -0.384. The van der Waals surface area contributed by atoms with Crippen LogP contribution in [0.4, 0.5) is 5.69 Å². The van der Waals surface area contributed by atoms with Crippen LogP contribution in [0.1, 0.15) is 5.56 Å². The Kier molecular flexibility index (Phi) is 3.17. The van der Waals surface area contributed by atoms with Crippen molar-refractivity contribution in [3.8, 4) is 0 Å². The van der Waals surface area contributed by atoms with Crippen molar-refractivity contribution in [2.24, 2.45) is 5.10 Å². The van der Waals surface area contributed by atoms with Crippen LogP contribution in [0.3, 0.4) is 0 Å². The summed E-state index contributed by atoms with van der Waals surface area (Å²) in [4.78, 5) is 10.0. The van der Waals surface area contributed by atoms with Gasteiger partial charge in [0.1, 0.15) is 0 Å². The highest BCUT2D eigenvalue weighted by Crippen LogP contribution is 2.11. The van der Waals surface area contributed by atoms with E-state index in [2.05, 4.69) is 5.10 Å². The highest BCUT2D eigenvalue weighted by atomic mass is 16.6. The normalized spacial score (nSPS) is 10.4. The van der Waals surface area contributed by atoms with Gasteiger partial charge in [-0.25, -0.2) is 0 Å². The summed E-state index contributed by atoms with van der Waals surface area (Å²) >= 11 is 0. The second-order valence-corrected chi connectivity index (χ2v) is 2.94. The molecule has 74 valence electrons. The lowest BCUT2D eigenvalue weighted by Gasteiger charge is -2.01. The van der Waals surface area contributed by atoms with Crippen molar-refractivity contribution in [1.82, 2.24) is 5.01 Å². The number of nitro groups is 1. The quantitative estimate of drug-likeness (QED) is 0.415. The molecule has 0 fully saturated rings. The Labute approximate surface area is 81.8 Å². The second kappa shape index (κ2) is 4.36. The minimum absolute atomic E-state index is 0.0766. The largest absolute Gasteiger partial charge is 0.303 e. The van der Waals surface area contributed by atoms with E-state index in [9.17, 15) is 10.1 Å². The zero-order valence-corrected chi connectivity index (χ0v) is 8.04. The van der Waals surface area contributed by atoms with Gasteiger partial charge in [0.2, 0.25) is 0 Å². The molecular formula is C9H11N3O2. The van der Waals surface area contributed by atoms with E-state index < -0.39 is 4.92 Å². The van der Waals surface area contributed by atoms with Gasteiger partial charge in [-0.05, 0) is 0 Å². The summed E-state index contributed by atoms with van der Waals surface area (Å²) in [6.45, 7) is 0. The molecule has 1 aromatic carbocycles. The van der Waals surface area contributed by atoms with Crippen LogP contribution in [0, 0.1) is 10.1 Å². The number of hydrazone groups is 1. The van der Waals surface area contributed by atoms with E-state index in [0.29, 0.717) is 5.56 Å². The summed E-state index contributed by atoms with van der Waals surface area (Å²) in [5.41, 5.74) is 0.792. The molecule has 0 saturated carbocycles. The van der Waals surface area contributed by atoms with Crippen LogP contribution in [0.5, 0.6) is 0 Å². The minimum atomic E-state index is -0.424. The molecule has 0 heterocycles. The van der Waals surface area contributed by atoms with Gasteiger partial charge in [-0.1, -0.05) is 12.1 Å². The van der Waals surface area contributed by atoms with E-state index in [1.165, 1.54) is 12.1 Å². The second-order valence-electron chi connectivity index (χ2n) is 2.94. The SMILES string of the molecule is CN(C)N=Cc1cccc([N+](=O)[O-])c1. The molecule has 0 atom stereocenters. The first-order chi connectivity index (χ1) is 6.59. The van der Waals surface area contributed by atoms with Crippen LogP contribution in [-0.4, -0.2) is 30.2 Å². The highest BCUT2D eigenvalue weighted by Gasteiger charge is 2.03. The number of nitrogens with zero attached hydrogens (tertiary/aromatic N) is 3. The molecule has 0 amide bonds. The molecule has 0 saturated heterocycles. The van der Waals surface area contributed by atoms with Crippen LogP contribution < -0.4 is 0 Å². The molecule has 0 bridgehead atoms. The number of hydrogen-bond donors (Lipinski definition) is 0. The fourth-order valence-electron chi connectivity index (χ4n) is 0.901. The minimum Gasteiger partial charge on any atom is -0.303 e. The van der Waals surface area contributed by atoms with Crippen LogP contribution >= 0.6 is 0 Å². The molecule has 0 aliphatic heterocycles. The number of rotatable bonds is 3. The predicted octanol–water partition coefficient (Wildman–Crippen LogP) is 1.49. The molecule has 0 aliphatic rings. The van der Waals surface area contributed by atoms with Crippen molar-refractivity contribution < 1.29 is 4.92 Å². The van der Waals surface area contributed by atoms with E-state index in [-0.39, 0.29) is 5.69 Å². The Balaban J connectivity index is 2.89. The average Bonchev–Trinajstić information content (AvgIpc) is 2.15. The summed E-state index contributed by atoms with van der Waals surface area (Å²) in [7, 11) is 3.57. The third-order valence-electron chi connectivity index (χ3n) is 1.52. The lowest BCUT2D eigenvalue weighted by atomic mass is 10.2. The van der Waals surface area contributed by atoms with Gasteiger partial charge < -0.3 is 5.01 Å². The molecule has 5 nitrogen and oxygen atoms in total. The van der Waals surface area contributed by atoms with Gasteiger partial charge in [-0.2, -0.15) is 5.10 Å². The maximum Gasteiger partial charge on any atom is 0.270 e. The van der Waals surface area contributed by atoms with E-state index in [0.717, 1.165) is 0 Å². The molecule has 0 radical (unpaired) electrons. The van der Waals surface area contributed by atoms with Gasteiger partial charge in [0.15, 0.2) is 0 Å². The van der Waals surface area contributed by atoms with Gasteiger partial charge in [-0.15, -0.1) is 0 Å². The lowest BCUT2D eigenvalue weighted by Crippen LogP contribution is -2.02. The summed E-state index contributed by atoms with van der Waals surface area (Å²) in [5.74, 6) is 0. The molecule has 0 aromatic heterocycles. The highest BCUT2D eigenvalue weighted by molar-refractivity contribution is 5.80. The smallest absolute Gasteiger partial charge is 0.270 e. The molecular weight excluding hydrogens is 182 g/mol. The first kappa shape index (κ1) is 10.2. The fraction of sp³-hybridized carbons (Fsp3) is 0.222. The molecule has 0 aliphatic carbocycles. The Bertz CT molecular complexity index is 361. The Hall–Kier alpha value is -1.91. The van der Waals surface area contributed by atoms with Crippen molar-refractivity contribution in [2.75, 3.05) is 14.1 Å². The molecule has 1 rings (SSSR count). The summed E-state index contributed by atoms with van der Waals surface area (Å²) < 4.78 is 0. The monoisotopic (exact) mass is 193 g/mol. The standard InChI is InChI=1S/C9H11N3O2/c1-11(2)10-7-8-4-3-5-9(6-8)12(13)14/h3-7H,1-2H3. The van der Waals surface area contributed by atoms with E-state index in [1.54, 1.807) is 37.5 Å². The zero-order chi connectivity index (χ0) is 10.6. The van der Waals surface area contributed by atoms with Crippen molar-refractivity contribution in [3.05, 3.63) is 39.9 Å². The fourth-order valence-corrected chi connectivity index (χ4v) is 0.901. The Morgan fingerprint density at radius 1 is 1.50 bits per heavy atom. The summed E-state index contributed by atoms with van der Waals surface area (Å²) in [6, 6.07) is 6.33. The number of nitro benzene ring substituents is 1. The molecule has 1 aromatic rings. The van der Waals surface area contributed by atoms with Crippen LogP contribution in [0.15, 0.2) is 29.4 Å². The van der Waals surface area contributed by atoms with Crippen LogP contribution in [0.2, 0.25) is 0 Å². The Morgan fingerprint density at radius 3 is 2.79 bits per heavy atom. The third-order valence-corrected chi connectivity index (χ3v) is 1.52. The summed E-state index contributed by atoms with van der Waals surface area (Å²) in [5, 5.41) is 16.0. The zero-order valence-electron chi connectivity index (χ0n) is 8.04. The van der Waals surface area contributed by atoms with Gasteiger partial charge in [0.25, 0.3) is 5.69 Å². The van der Waals surface area contributed by atoms with Gasteiger partial charge in [0.05, 0.1) is 11.1 Å². The van der Waals surface area contributed by atoms with Crippen LogP contribution in [0.25, 0.3) is 0 Å². The van der Waals surface area contributed by atoms with E-state index >= 15 is 0 Å². The third kappa shape index (κ3) is 2.85. The number of benzene rings is 1. The maximum absolute atomic E-state index is 10.4. The van der Waals surface area contributed by atoms with Gasteiger partial charge in [0, 0.05) is 31.8 Å². The molecule has 5 heteroatoms. The topological polar surface area (TPSA) is 58.7 Å². The van der Waals surface area contributed by atoms with Crippen molar-refractivity contribution in [2.45, 2.75) is 0 Å². The predicted molar refractivity (Wildman–Crippen MR) is 54.4 cm³/mol. The van der Waals surface area contributed by atoms with Gasteiger partial charge in [-0.3, -0.25) is 10.1 Å². The van der Waals surface area contributed by atoms with Crippen molar-refractivity contribution >= 4 is 11.9 Å². The summed E-state index contributed by atoms with van der Waals surface area (Å²) in [6.07, 6.45) is 1.58. The first-order valence-corrected chi connectivity index (χ1v) is 4.05. The van der Waals surface area contributed by atoms with Crippen molar-refractivity contribution in [1.29, 1.82) is 0 Å². The van der Waals surface area contributed by atoms with Crippen LogP contribution in [-0.2, 0) is 0 Å². The van der Waals surface area contributed by atoms with Crippen molar-refractivity contribution in [3.63, 3.8) is 0 Å². The molecule has 14 heavy (non-hydrogen) atoms. The number of non-ortho nitro benzene ring substituents is 1. The van der Waals surface area contributed by atoms with E-state index in [1.807, 2.05) is 0 Å². The first-order valence-electron chi connectivity index (χ1n) is 4.05. The maximum atomic E-state index is 10.4. The van der Waals surface area contributed by atoms with E-state index in [4.69, 9.17) is 0 Å². The Morgan fingerprint density at radius 2 is 2.21 bits per heavy atom. The molecule has 0 unspecified atom stereocenters. The number of hydrogen-bond acceptors (Lipinski definition) is 4. The average molecular weight is 193 g/mol. The molecule has 0 spiro atoms. The molecule has 0 N–H and O–H groups in total.